The molecule has 2 heterocycles. The first-order chi connectivity index (χ1) is 18.3. The number of methoxy groups -OCH3 is 1. The molecule has 0 atom stereocenters. The van der Waals surface area contributed by atoms with E-state index < -0.39 is 0 Å². The van der Waals surface area contributed by atoms with Gasteiger partial charge in [0.1, 0.15) is 18.1 Å². The van der Waals surface area contributed by atoms with Crippen LogP contribution in [0.4, 0.5) is 10.2 Å². The second-order valence-corrected chi connectivity index (χ2v) is 9.81. The van der Waals surface area contributed by atoms with E-state index in [1.165, 1.54) is 12.1 Å². The van der Waals surface area contributed by atoms with Crippen LogP contribution in [0, 0.1) is 11.7 Å². The first kappa shape index (κ1) is 27.0. The zero-order valence-electron chi connectivity index (χ0n) is 22.1. The summed E-state index contributed by atoms with van der Waals surface area (Å²) in [6, 6.07) is 16.9. The average Bonchev–Trinajstić information content (AvgIpc) is 3.19. The van der Waals surface area contributed by atoms with Crippen LogP contribution in [-0.4, -0.2) is 78.2 Å². The lowest BCUT2D eigenvalue weighted by Crippen LogP contribution is -2.45. The molecule has 0 aliphatic carbocycles. The lowest BCUT2D eigenvalue weighted by molar-refractivity contribution is -0.131. The number of hydrogen-bond donors (Lipinski definition) is 0. The Kier molecular flexibility index (Phi) is 8.89. The Balaban J connectivity index is 1.38. The summed E-state index contributed by atoms with van der Waals surface area (Å²) in [5.41, 5.74) is 2.00. The summed E-state index contributed by atoms with van der Waals surface area (Å²) in [5, 5.41) is 8.70. The molecule has 1 aliphatic rings. The van der Waals surface area contributed by atoms with Gasteiger partial charge in [-0.15, -0.1) is 10.2 Å². The Labute approximate surface area is 223 Å². The summed E-state index contributed by atoms with van der Waals surface area (Å²) in [6.45, 7) is 7.11. The van der Waals surface area contributed by atoms with Gasteiger partial charge in [-0.3, -0.25) is 9.59 Å². The normalized spacial score (nSPS) is 13.8. The lowest BCUT2D eigenvalue weighted by atomic mass is 10.1. The predicted octanol–water partition coefficient (Wildman–Crippen LogP) is 4.13. The van der Waals surface area contributed by atoms with Gasteiger partial charge in [0.15, 0.2) is 5.82 Å². The van der Waals surface area contributed by atoms with Crippen LogP contribution in [0.1, 0.15) is 30.6 Å². The van der Waals surface area contributed by atoms with Gasteiger partial charge in [-0.05, 0) is 73.0 Å². The van der Waals surface area contributed by atoms with E-state index in [0.29, 0.717) is 43.2 Å². The van der Waals surface area contributed by atoms with E-state index in [2.05, 4.69) is 15.1 Å². The molecule has 1 fully saturated rings. The Morgan fingerprint density at radius 3 is 2.32 bits per heavy atom. The standard InChI is InChI=1S/C29H34FN5O3/c1-21(2)19-35(29(37)23-7-11-25(38-3)12-8-23)20-28(36)34-16-4-15-33(17-18-34)27-14-13-26(31-32-27)22-5-9-24(30)10-6-22/h5-14,21H,4,15-20H2,1-3H3. The largest absolute Gasteiger partial charge is 0.497 e. The third-order valence-corrected chi connectivity index (χ3v) is 6.50. The van der Waals surface area contributed by atoms with Crippen molar-refractivity contribution in [2.75, 3.05) is 51.3 Å². The highest BCUT2D eigenvalue weighted by atomic mass is 19.1. The summed E-state index contributed by atoms with van der Waals surface area (Å²) >= 11 is 0. The van der Waals surface area contributed by atoms with E-state index in [4.69, 9.17) is 4.74 Å². The molecule has 3 aromatic rings. The fourth-order valence-corrected chi connectivity index (χ4v) is 4.50. The molecule has 0 N–H and O–H groups in total. The quantitative estimate of drug-likeness (QED) is 0.445. The van der Waals surface area contributed by atoms with E-state index in [1.807, 2.05) is 30.9 Å². The molecule has 0 radical (unpaired) electrons. The highest BCUT2D eigenvalue weighted by molar-refractivity contribution is 5.96. The molecule has 1 aliphatic heterocycles. The number of amides is 2. The number of halogens is 1. The topological polar surface area (TPSA) is 78.9 Å². The number of ether oxygens (including phenoxy) is 1. The fourth-order valence-electron chi connectivity index (χ4n) is 4.50. The minimum absolute atomic E-state index is 0.0369. The highest BCUT2D eigenvalue weighted by Gasteiger charge is 2.25. The number of aromatic nitrogens is 2. The fraction of sp³-hybridized carbons (Fsp3) is 0.379. The number of hydrogen-bond acceptors (Lipinski definition) is 6. The van der Waals surface area contributed by atoms with Gasteiger partial charge >= 0.3 is 0 Å². The predicted molar refractivity (Wildman–Crippen MR) is 145 cm³/mol. The van der Waals surface area contributed by atoms with Gasteiger partial charge in [-0.1, -0.05) is 13.8 Å². The van der Waals surface area contributed by atoms with Gasteiger partial charge in [0.2, 0.25) is 5.91 Å². The third kappa shape index (κ3) is 6.85. The van der Waals surface area contributed by atoms with Crippen LogP contribution >= 0.6 is 0 Å². The summed E-state index contributed by atoms with van der Waals surface area (Å²) in [6.07, 6.45) is 0.781. The molecule has 0 bridgehead atoms. The molecule has 9 heteroatoms. The van der Waals surface area contributed by atoms with Gasteiger partial charge in [0.05, 0.1) is 12.8 Å². The summed E-state index contributed by atoms with van der Waals surface area (Å²) in [4.78, 5) is 32.1. The minimum atomic E-state index is -0.292. The molecule has 2 aromatic carbocycles. The second kappa shape index (κ2) is 12.5. The number of rotatable bonds is 8. The van der Waals surface area contributed by atoms with Crippen molar-refractivity contribution in [2.24, 2.45) is 5.92 Å². The highest BCUT2D eigenvalue weighted by Crippen LogP contribution is 2.20. The molecule has 38 heavy (non-hydrogen) atoms. The van der Waals surface area contributed by atoms with Crippen LogP contribution in [0.25, 0.3) is 11.3 Å². The SMILES string of the molecule is COc1ccc(C(=O)N(CC(=O)N2CCCN(c3ccc(-c4ccc(F)cc4)nn3)CC2)CC(C)C)cc1. The molecule has 0 saturated carbocycles. The number of benzene rings is 2. The maximum Gasteiger partial charge on any atom is 0.254 e. The van der Waals surface area contributed by atoms with Crippen molar-refractivity contribution in [2.45, 2.75) is 20.3 Å². The Morgan fingerprint density at radius 2 is 1.68 bits per heavy atom. The molecule has 4 rings (SSSR count). The van der Waals surface area contributed by atoms with E-state index in [1.54, 1.807) is 48.4 Å². The molecule has 8 nitrogen and oxygen atoms in total. The van der Waals surface area contributed by atoms with Crippen molar-refractivity contribution in [3.63, 3.8) is 0 Å². The molecule has 0 spiro atoms. The zero-order chi connectivity index (χ0) is 27.1. The first-order valence-electron chi connectivity index (χ1n) is 12.9. The maximum atomic E-state index is 13.3. The number of carbonyl (C=O) groups excluding carboxylic acids is 2. The maximum absolute atomic E-state index is 13.3. The molecule has 1 aromatic heterocycles. The monoisotopic (exact) mass is 519 g/mol. The van der Waals surface area contributed by atoms with Crippen molar-refractivity contribution in [3.05, 3.63) is 72.0 Å². The molecule has 200 valence electrons. The van der Waals surface area contributed by atoms with Crippen molar-refractivity contribution in [3.8, 4) is 17.0 Å². The van der Waals surface area contributed by atoms with E-state index >= 15 is 0 Å². The lowest BCUT2D eigenvalue weighted by Gasteiger charge is -2.28. The van der Waals surface area contributed by atoms with Gasteiger partial charge in [-0.25, -0.2) is 4.39 Å². The molecular formula is C29H34FN5O3. The van der Waals surface area contributed by atoms with E-state index in [0.717, 1.165) is 24.3 Å². The number of anilines is 1. The van der Waals surface area contributed by atoms with Crippen LogP contribution in [0.2, 0.25) is 0 Å². The Hall–Kier alpha value is -4.01. The summed E-state index contributed by atoms with van der Waals surface area (Å²) in [5.74, 6) is 1.12. The van der Waals surface area contributed by atoms with Crippen LogP contribution in [0.3, 0.4) is 0 Å². The number of carbonyl (C=O) groups is 2. The molecule has 2 amide bonds. The van der Waals surface area contributed by atoms with Crippen molar-refractivity contribution >= 4 is 17.6 Å². The van der Waals surface area contributed by atoms with Crippen LogP contribution in [-0.2, 0) is 4.79 Å². The van der Waals surface area contributed by atoms with Crippen molar-refractivity contribution < 1.29 is 18.7 Å². The van der Waals surface area contributed by atoms with Gasteiger partial charge < -0.3 is 19.4 Å². The van der Waals surface area contributed by atoms with Gasteiger partial charge in [-0.2, -0.15) is 0 Å². The van der Waals surface area contributed by atoms with Crippen molar-refractivity contribution in [1.82, 2.24) is 20.0 Å². The van der Waals surface area contributed by atoms with Crippen LogP contribution in [0.15, 0.2) is 60.7 Å². The molecule has 1 saturated heterocycles. The average molecular weight is 520 g/mol. The summed E-state index contributed by atoms with van der Waals surface area (Å²) < 4.78 is 18.4. The van der Waals surface area contributed by atoms with Crippen LogP contribution in [0.5, 0.6) is 5.75 Å². The smallest absolute Gasteiger partial charge is 0.254 e. The summed E-state index contributed by atoms with van der Waals surface area (Å²) in [7, 11) is 1.58. The van der Waals surface area contributed by atoms with Crippen molar-refractivity contribution in [1.29, 1.82) is 0 Å². The second-order valence-electron chi connectivity index (χ2n) is 9.81. The minimum Gasteiger partial charge on any atom is -0.497 e. The Morgan fingerprint density at radius 1 is 0.947 bits per heavy atom. The first-order valence-corrected chi connectivity index (χ1v) is 12.9. The van der Waals surface area contributed by atoms with Gasteiger partial charge in [0, 0.05) is 43.9 Å². The third-order valence-electron chi connectivity index (χ3n) is 6.50. The molecular weight excluding hydrogens is 485 g/mol. The molecule has 0 unspecified atom stereocenters. The number of nitrogens with zero attached hydrogens (tertiary/aromatic N) is 5. The zero-order valence-corrected chi connectivity index (χ0v) is 22.1. The Bertz CT molecular complexity index is 1220. The van der Waals surface area contributed by atoms with Gasteiger partial charge in [0.25, 0.3) is 5.91 Å². The van der Waals surface area contributed by atoms with Crippen LogP contribution < -0.4 is 9.64 Å². The van der Waals surface area contributed by atoms with E-state index in [9.17, 15) is 14.0 Å². The van der Waals surface area contributed by atoms with E-state index in [-0.39, 0.29) is 30.1 Å².